The molecule has 29 heavy (non-hydrogen) atoms. The Morgan fingerprint density at radius 1 is 1.17 bits per heavy atom. The zero-order chi connectivity index (χ0) is 20.2. The number of para-hydroxylation sites is 1. The average Bonchev–Trinajstić information content (AvgIpc) is 2.76. The highest BCUT2D eigenvalue weighted by Crippen LogP contribution is 2.23. The lowest BCUT2D eigenvalue weighted by Crippen LogP contribution is -2.32. The molecule has 1 saturated carbocycles. The van der Waals surface area contributed by atoms with E-state index in [1.165, 1.54) is 6.42 Å². The van der Waals surface area contributed by atoms with Crippen molar-refractivity contribution in [2.45, 2.75) is 45.2 Å². The molecule has 1 fully saturated rings. The van der Waals surface area contributed by atoms with Crippen LogP contribution in [0.25, 0.3) is 10.9 Å². The van der Waals surface area contributed by atoms with Gasteiger partial charge in [0, 0.05) is 12.1 Å². The Morgan fingerprint density at radius 3 is 2.79 bits per heavy atom. The van der Waals surface area contributed by atoms with Crippen LogP contribution in [0.5, 0.6) is 0 Å². The van der Waals surface area contributed by atoms with Gasteiger partial charge in [-0.1, -0.05) is 37.5 Å². The quantitative estimate of drug-likeness (QED) is 0.631. The minimum Gasteiger partial charge on any atom is -0.350 e. The summed E-state index contributed by atoms with van der Waals surface area (Å²) in [5.41, 5.74) is 2.22. The first-order valence-corrected chi connectivity index (χ1v) is 10.5. The summed E-state index contributed by atoms with van der Waals surface area (Å²) >= 11 is 5.42. The number of carbonyl (C=O) groups excluding carboxylic acids is 1. The lowest BCUT2D eigenvalue weighted by atomic mass is 9.88. The Balaban J connectivity index is 1.56. The van der Waals surface area contributed by atoms with E-state index in [0.717, 1.165) is 42.5 Å². The van der Waals surface area contributed by atoms with Gasteiger partial charge in [0.2, 0.25) is 5.91 Å². The standard InChI is InChI=1S/C22H24N4O2S/c27-20(15-7-2-1-3-8-15)24-13-19-16(9-6-12-23-19)14-26-21(28)17-10-4-5-11-18(17)25-22(26)29/h4-6,9-12,15H,1-3,7-8,13-14H2,(H,24,27)(H,25,29). The van der Waals surface area contributed by atoms with E-state index in [9.17, 15) is 9.59 Å². The van der Waals surface area contributed by atoms with Crippen molar-refractivity contribution in [1.82, 2.24) is 19.9 Å². The Hall–Kier alpha value is -2.80. The van der Waals surface area contributed by atoms with Crippen molar-refractivity contribution >= 4 is 29.0 Å². The van der Waals surface area contributed by atoms with Crippen molar-refractivity contribution in [1.29, 1.82) is 0 Å². The monoisotopic (exact) mass is 408 g/mol. The van der Waals surface area contributed by atoms with Crippen LogP contribution < -0.4 is 10.9 Å². The van der Waals surface area contributed by atoms with Gasteiger partial charge in [0.15, 0.2) is 4.77 Å². The van der Waals surface area contributed by atoms with Gasteiger partial charge in [0.25, 0.3) is 5.56 Å². The smallest absolute Gasteiger partial charge is 0.262 e. The van der Waals surface area contributed by atoms with Crippen LogP contribution >= 0.6 is 12.2 Å². The maximum atomic E-state index is 12.9. The Labute approximate surface area is 174 Å². The molecule has 4 rings (SSSR count). The highest BCUT2D eigenvalue weighted by Gasteiger charge is 2.21. The van der Waals surface area contributed by atoms with Crippen LogP contribution in [0.15, 0.2) is 47.4 Å². The number of H-pyrrole nitrogens is 1. The van der Waals surface area contributed by atoms with Crippen molar-refractivity contribution in [3.05, 3.63) is 69.0 Å². The Morgan fingerprint density at radius 2 is 1.97 bits per heavy atom. The Bertz CT molecular complexity index is 1150. The van der Waals surface area contributed by atoms with Gasteiger partial charge < -0.3 is 10.3 Å². The molecule has 1 aliphatic rings. The number of nitrogens with one attached hydrogen (secondary N) is 2. The molecule has 1 aromatic carbocycles. The summed E-state index contributed by atoms with van der Waals surface area (Å²) in [5, 5.41) is 3.63. The van der Waals surface area contributed by atoms with Crippen molar-refractivity contribution in [2.75, 3.05) is 0 Å². The molecule has 2 heterocycles. The third kappa shape index (κ3) is 4.29. The van der Waals surface area contributed by atoms with Crippen LogP contribution in [0.3, 0.4) is 0 Å². The molecule has 2 aromatic heterocycles. The number of nitrogens with zero attached hydrogens (tertiary/aromatic N) is 2. The maximum Gasteiger partial charge on any atom is 0.262 e. The van der Waals surface area contributed by atoms with Crippen molar-refractivity contribution < 1.29 is 4.79 Å². The van der Waals surface area contributed by atoms with E-state index < -0.39 is 0 Å². The summed E-state index contributed by atoms with van der Waals surface area (Å²) in [6.07, 6.45) is 7.08. The molecule has 1 amide bonds. The first-order chi connectivity index (χ1) is 14.1. The first kappa shape index (κ1) is 19.5. The second-order valence-electron chi connectivity index (χ2n) is 7.53. The number of rotatable bonds is 5. The lowest BCUT2D eigenvalue weighted by molar-refractivity contribution is -0.126. The second-order valence-corrected chi connectivity index (χ2v) is 7.92. The summed E-state index contributed by atoms with van der Waals surface area (Å²) in [5.74, 6) is 0.203. The summed E-state index contributed by atoms with van der Waals surface area (Å²) < 4.78 is 1.91. The van der Waals surface area contributed by atoms with E-state index in [4.69, 9.17) is 12.2 Å². The lowest BCUT2D eigenvalue weighted by Gasteiger charge is -2.21. The van der Waals surface area contributed by atoms with Gasteiger partial charge in [-0.3, -0.25) is 19.1 Å². The van der Waals surface area contributed by atoms with Crippen molar-refractivity contribution in [2.24, 2.45) is 5.92 Å². The van der Waals surface area contributed by atoms with Crippen LogP contribution in [0.4, 0.5) is 0 Å². The molecule has 0 spiro atoms. The fraction of sp³-hybridized carbons (Fsp3) is 0.364. The average molecular weight is 409 g/mol. The molecule has 6 nitrogen and oxygen atoms in total. The number of carbonyl (C=O) groups is 1. The first-order valence-electron chi connectivity index (χ1n) is 10.1. The molecule has 0 bridgehead atoms. The van der Waals surface area contributed by atoms with Gasteiger partial charge in [-0.05, 0) is 48.8 Å². The number of hydrogen-bond donors (Lipinski definition) is 2. The molecule has 2 N–H and O–H groups in total. The zero-order valence-corrected chi connectivity index (χ0v) is 17.0. The number of aromatic nitrogens is 3. The predicted octanol–water partition coefficient (Wildman–Crippen LogP) is 3.70. The van der Waals surface area contributed by atoms with E-state index in [0.29, 0.717) is 23.2 Å². The van der Waals surface area contributed by atoms with Crippen LogP contribution in [0.2, 0.25) is 0 Å². The van der Waals surface area contributed by atoms with Gasteiger partial charge >= 0.3 is 0 Å². The summed E-state index contributed by atoms with van der Waals surface area (Å²) in [6.45, 7) is 0.659. The number of fused-ring (bicyclic) bond motifs is 1. The van der Waals surface area contributed by atoms with E-state index in [-0.39, 0.29) is 17.4 Å². The maximum absolute atomic E-state index is 12.9. The van der Waals surface area contributed by atoms with Crippen LogP contribution in [0.1, 0.15) is 43.4 Å². The summed E-state index contributed by atoms with van der Waals surface area (Å²) in [4.78, 5) is 33.0. The van der Waals surface area contributed by atoms with Gasteiger partial charge in [0.1, 0.15) is 0 Å². The number of aromatic amines is 1. The van der Waals surface area contributed by atoms with Gasteiger partial charge in [-0.2, -0.15) is 0 Å². The zero-order valence-electron chi connectivity index (χ0n) is 16.2. The normalized spacial score (nSPS) is 14.8. The van der Waals surface area contributed by atoms with Gasteiger partial charge in [0.05, 0.1) is 29.7 Å². The van der Waals surface area contributed by atoms with E-state index in [1.54, 1.807) is 16.8 Å². The van der Waals surface area contributed by atoms with E-state index >= 15 is 0 Å². The SMILES string of the molecule is O=C(NCc1ncccc1Cn1c(=S)[nH]c2ccccc2c1=O)C1CCCCC1. The molecule has 0 saturated heterocycles. The minimum absolute atomic E-state index is 0.0986. The number of pyridine rings is 1. The fourth-order valence-corrected chi connectivity index (χ4v) is 4.22. The third-order valence-corrected chi connectivity index (χ3v) is 5.93. The number of benzene rings is 1. The minimum atomic E-state index is -0.134. The highest BCUT2D eigenvalue weighted by molar-refractivity contribution is 7.71. The highest BCUT2D eigenvalue weighted by atomic mass is 32.1. The van der Waals surface area contributed by atoms with E-state index in [1.807, 2.05) is 30.3 Å². The molecule has 7 heteroatoms. The van der Waals surface area contributed by atoms with Gasteiger partial charge in [-0.15, -0.1) is 0 Å². The Kier molecular flexibility index (Phi) is 5.85. The van der Waals surface area contributed by atoms with Gasteiger partial charge in [-0.25, -0.2) is 0 Å². The van der Waals surface area contributed by atoms with Crippen molar-refractivity contribution in [3.63, 3.8) is 0 Å². The molecule has 0 aliphatic heterocycles. The largest absolute Gasteiger partial charge is 0.350 e. The van der Waals surface area contributed by atoms with Crippen LogP contribution in [-0.4, -0.2) is 20.4 Å². The molecular weight excluding hydrogens is 384 g/mol. The predicted molar refractivity (Wildman–Crippen MR) is 115 cm³/mol. The topological polar surface area (TPSA) is 79.8 Å². The summed E-state index contributed by atoms with van der Waals surface area (Å²) in [7, 11) is 0. The third-order valence-electron chi connectivity index (χ3n) is 5.61. The molecule has 3 aromatic rings. The summed E-state index contributed by atoms with van der Waals surface area (Å²) in [6, 6.07) is 11.1. The van der Waals surface area contributed by atoms with Crippen LogP contribution in [0, 0.1) is 10.7 Å². The number of amides is 1. The van der Waals surface area contributed by atoms with Crippen LogP contribution in [-0.2, 0) is 17.9 Å². The van der Waals surface area contributed by atoms with E-state index in [2.05, 4.69) is 15.3 Å². The number of hydrogen-bond acceptors (Lipinski definition) is 4. The second kappa shape index (κ2) is 8.69. The molecular formula is C22H24N4O2S. The molecule has 0 atom stereocenters. The fourth-order valence-electron chi connectivity index (χ4n) is 3.97. The molecule has 1 aliphatic carbocycles. The molecule has 0 radical (unpaired) electrons. The van der Waals surface area contributed by atoms with Crippen molar-refractivity contribution in [3.8, 4) is 0 Å². The molecule has 150 valence electrons. The molecule has 0 unspecified atom stereocenters.